The zero-order valence-electron chi connectivity index (χ0n) is 15.8. The van der Waals surface area contributed by atoms with E-state index in [4.69, 9.17) is 21.6 Å². The van der Waals surface area contributed by atoms with Gasteiger partial charge in [0, 0.05) is 27.9 Å². The van der Waals surface area contributed by atoms with Gasteiger partial charge in [0.25, 0.3) is 0 Å². The molecular formula is C21H24ClN3S2. The molecule has 27 heavy (non-hydrogen) atoms. The van der Waals surface area contributed by atoms with Crippen LogP contribution >= 0.6 is 34.7 Å². The van der Waals surface area contributed by atoms with Crippen molar-refractivity contribution >= 4 is 50.7 Å². The van der Waals surface area contributed by atoms with E-state index in [1.807, 2.05) is 12.1 Å². The van der Waals surface area contributed by atoms with Crippen molar-refractivity contribution in [3.8, 4) is 0 Å². The van der Waals surface area contributed by atoms with Gasteiger partial charge in [-0.05, 0) is 56.5 Å². The molecule has 0 amide bonds. The largest absolute Gasteiger partial charge is 0.356 e. The third kappa shape index (κ3) is 4.25. The number of aryl methyl sites for hydroxylation is 2. The lowest BCUT2D eigenvalue weighted by Crippen LogP contribution is -2.25. The molecule has 3 nitrogen and oxygen atoms in total. The first-order chi connectivity index (χ1) is 13.1. The minimum absolute atomic E-state index is 0.769. The molecule has 0 bridgehead atoms. The van der Waals surface area contributed by atoms with Gasteiger partial charge < -0.3 is 4.90 Å². The van der Waals surface area contributed by atoms with E-state index in [0.717, 1.165) is 40.3 Å². The second kappa shape index (κ2) is 8.38. The van der Waals surface area contributed by atoms with Crippen LogP contribution < -0.4 is 4.90 Å². The molecule has 1 aromatic carbocycles. The fraction of sp³-hybridized carbons (Fsp3) is 0.429. The van der Waals surface area contributed by atoms with Gasteiger partial charge in [0.05, 0.1) is 11.1 Å². The van der Waals surface area contributed by atoms with Gasteiger partial charge in [0.15, 0.2) is 0 Å². The van der Waals surface area contributed by atoms with Gasteiger partial charge in [-0.2, -0.15) is 0 Å². The quantitative estimate of drug-likeness (QED) is 0.445. The Morgan fingerprint density at radius 2 is 1.74 bits per heavy atom. The number of rotatable bonds is 4. The number of anilines is 1. The van der Waals surface area contributed by atoms with Crippen LogP contribution in [0.1, 0.15) is 41.9 Å². The average molecular weight is 418 g/mol. The first-order valence-electron chi connectivity index (χ1n) is 9.52. The monoisotopic (exact) mass is 417 g/mol. The van der Waals surface area contributed by atoms with Crippen molar-refractivity contribution in [2.45, 2.75) is 50.2 Å². The SMILES string of the molecule is Cc1sc2nc(CSc3ccc(Cl)cc3)nc(N3CCCCCC3)c2c1C. The molecule has 0 aliphatic carbocycles. The van der Waals surface area contributed by atoms with E-state index < -0.39 is 0 Å². The third-order valence-electron chi connectivity index (χ3n) is 5.14. The lowest BCUT2D eigenvalue weighted by molar-refractivity contribution is 0.726. The first-order valence-corrected chi connectivity index (χ1v) is 11.7. The number of hydrogen-bond acceptors (Lipinski definition) is 5. The molecule has 1 saturated heterocycles. The van der Waals surface area contributed by atoms with Gasteiger partial charge in [0.1, 0.15) is 16.5 Å². The minimum Gasteiger partial charge on any atom is -0.356 e. The Hall–Kier alpha value is -1.30. The zero-order chi connectivity index (χ0) is 18.8. The zero-order valence-corrected chi connectivity index (χ0v) is 18.2. The number of fused-ring (bicyclic) bond motifs is 1. The summed E-state index contributed by atoms with van der Waals surface area (Å²) in [6, 6.07) is 7.98. The predicted molar refractivity (Wildman–Crippen MR) is 119 cm³/mol. The summed E-state index contributed by atoms with van der Waals surface area (Å²) in [5, 5.41) is 2.03. The number of halogens is 1. The molecule has 1 aliphatic heterocycles. The highest BCUT2D eigenvalue weighted by Crippen LogP contribution is 2.36. The average Bonchev–Trinajstić information content (AvgIpc) is 2.85. The molecule has 142 valence electrons. The molecule has 0 unspecified atom stereocenters. The number of nitrogens with zero attached hydrogens (tertiary/aromatic N) is 3. The molecule has 0 saturated carbocycles. The topological polar surface area (TPSA) is 29.0 Å². The fourth-order valence-electron chi connectivity index (χ4n) is 3.53. The summed E-state index contributed by atoms with van der Waals surface area (Å²) in [6.45, 7) is 6.60. The van der Waals surface area contributed by atoms with Crippen LogP contribution in [0, 0.1) is 13.8 Å². The van der Waals surface area contributed by atoms with E-state index in [0.29, 0.717) is 0 Å². The maximum Gasteiger partial charge on any atom is 0.142 e. The van der Waals surface area contributed by atoms with E-state index >= 15 is 0 Å². The third-order valence-corrected chi connectivity index (χ3v) is 7.50. The predicted octanol–water partition coefficient (Wildman–Crippen LogP) is 6.63. The summed E-state index contributed by atoms with van der Waals surface area (Å²) in [6.07, 6.45) is 5.16. The van der Waals surface area contributed by atoms with Gasteiger partial charge >= 0.3 is 0 Å². The molecule has 0 radical (unpaired) electrons. The van der Waals surface area contributed by atoms with E-state index in [9.17, 15) is 0 Å². The Morgan fingerprint density at radius 1 is 1.04 bits per heavy atom. The molecule has 6 heteroatoms. The second-order valence-corrected chi connectivity index (χ2v) is 9.76. The lowest BCUT2D eigenvalue weighted by atomic mass is 10.2. The Balaban J connectivity index is 1.67. The van der Waals surface area contributed by atoms with Crippen LogP contribution in [0.3, 0.4) is 0 Å². The van der Waals surface area contributed by atoms with Crippen molar-refractivity contribution in [3.05, 3.63) is 45.6 Å². The second-order valence-electron chi connectivity index (χ2n) is 7.07. The smallest absolute Gasteiger partial charge is 0.142 e. The van der Waals surface area contributed by atoms with Gasteiger partial charge in [0.2, 0.25) is 0 Å². The first kappa shape index (κ1) is 19.0. The summed E-state index contributed by atoms with van der Waals surface area (Å²) in [4.78, 5) is 16.1. The number of hydrogen-bond donors (Lipinski definition) is 0. The molecule has 1 aliphatic rings. The van der Waals surface area contributed by atoms with Crippen LogP contribution in [0.2, 0.25) is 5.02 Å². The van der Waals surface area contributed by atoms with E-state index in [-0.39, 0.29) is 0 Å². The number of aromatic nitrogens is 2. The standard InChI is InChI=1S/C21H24ClN3S2/c1-14-15(2)27-21-19(14)20(25-11-5-3-4-6-12-25)23-18(24-21)13-26-17-9-7-16(22)8-10-17/h7-10H,3-6,11-13H2,1-2H3. The van der Waals surface area contributed by atoms with Crippen LogP contribution in [-0.4, -0.2) is 23.1 Å². The van der Waals surface area contributed by atoms with E-state index in [1.54, 1.807) is 23.1 Å². The molecule has 0 N–H and O–H groups in total. The lowest BCUT2D eigenvalue weighted by Gasteiger charge is -2.23. The highest BCUT2D eigenvalue weighted by molar-refractivity contribution is 7.98. The Bertz CT molecular complexity index is 929. The van der Waals surface area contributed by atoms with Gasteiger partial charge in [-0.1, -0.05) is 24.4 Å². The summed E-state index contributed by atoms with van der Waals surface area (Å²) >= 11 is 9.55. The normalized spacial score (nSPS) is 15.3. The molecular weight excluding hydrogens is 394 g/mol. The Kier molecular flexibility index (Phi) is 5.90. The molecule has 3 aromatic rings. The number of benzene rings is 1. The van der Waals surface area contributed by atoms with Crippen molar-refractivity contribution in [1.29, 1.82) is 0 Å². The molecule has 0 atom stereocenters. The van der Waals surface area contributed by atoms with E-state index in [2.05, 4.69) is 30.9 Å². The van der Waals surface area contributed by atoms with Crippen molar-refractivity contribution in [2.24, 2.45) is 0 Å². The molecule has 1 fully saturated rings. The number of thiophene rings is 1. The van der Waals surface area contributed by atoms with Crippen molar-refractivity contribution in [3.63, 3.8) is 0 Å². The number of thioether (sulfide) groups is 1. The highest BCUT2D eigenvalue weighted by Gasteiger charge is 2.20. The van der Waals surface area contributed by atoms with Crippen LogP contribution in [0.25, 0.3) is 10.2 Å². The summed E-state index contributed by atoms with van der Waals surface area (Å²) in [7, 11) is 0. The Morgan fingerprint density at radius 3 is 2.44 bits per heavy atom. The maximum absolute atomic E-state index is 5.99. The molecule has 3 heterocycles. The van der Waals surface area contributed by atoms with Crippen molar-refractivity contribution in [2.75, 3.05) is 18.0 Å². The summed E-state index contributed by atoms with van der Waals surface area (Å²) in [5.41, 5.74) is 1.34. The summed E-state index contributed by atoms with van der Waals surface area (Å²) in [5.74, 6) is 2.84. The van der Waals surface area contributed by atoms with Crippen LogP contribution in [0.15, 0.2) is 29.2 Å². The molecule has 4 rings (SSSR count). The van der Waals surface area contributed by atoms with Crippen LogP contribution in [0.4, 0.5) is 5.82 Å². The maximum atomic E-state index is 5.99. The fourth-order valence-corrected chi connectivity index (χ4v) is 5.45. The van der Waals surface area contributed by atoms with Crippen molar-refractivity contribution in [1.82, 2.24) is 9.97 Å². The highest BCUT2D eigenvalue weighted by atomic mass is 35.5. The molecule has 2 aromatic heterocycles. The van der Waals surface area contributed by atoms with Gasteiger partial charge in [-0.25, -0.2) is 9.97 Å². The van der Waals surface area contributed by atoms with E-state index in [1.165, 1.54) is 46.4 Å². The van der Waals surface area contributed by atoms with Gasteiger partial charge in [-0.3, -0.25) is 0 Å². The minimum atomic E-state index is 0.769. The van der Waals surface area contributed by atoms with Crippen LogP contribution in [0.5, 0.6) is 0 Å². The summed E-state index contributed by atoms with van der Waals surface area (Å²) < 4.78 is 0. The van der Waals surface area contributed by atoms with Crippen molar-refractivity contribution < 1.29 is 0 Å². The Labute approximate surface area is 174 Å². The molecule has 0 spiro atoms. The van der Waals surface area contributed by atoms with Gasteiger partial charge in [-0.15, -0.1) is 23.1 Å². The van der Waals surface area contributed by atoms with Crippen LogP contribution in [-0.2, 0) is 5.75 Å².